The Kier molecular flexibility index (Phi) is 2.69. The zero-order valence-corrected chi connectivity index (χ0v) is 9.71. The monoisotopic (exact) mass is 224 g/mol. The van der Waals surface area contributed by atoms with Gasteiger partial charge in [-0.1, -0.05) is 54.6 Å². The highest BCUT2D eigenvalue weighted by Crippen LogP contribution is 2.29. The van der Waals surface area contributed by atoms with E-state index >= 15 is 0 Å². The number of aliphatic hydroxyl groups excluding tert-OH is 1. The summed E-state index contributed by atoms with van der Waals surface area (Å²) >= 11 is 0. The van der Waals surface area contributed by atoms with Gasteiger partial charge in [-0.25, -0.2) is 0 Å². The number of hydrogen-bond donors (Lipinski definition) is 1. The number of rotatable bonds is 1. The Labute approximate surface area is 101 Å². The van der Waals surface area contributed by atoms with Gasteiger partial charge in [0.1, 0.15) is 0 Å². The second-order valence-corrected chi connectivity index (χ2v) is 4.77. The van der Waals surface area contributed by atoms with Crippen molar-refractivity contribution < 1.29 is 5.11 Å². The Morgan fingerprint density at radius 1 is 1.00 bits per heavy atom. The van der Waals surface area contributed by atoms with Crippen molar-refractivity contribution in [1.82, 2.24) is 0 Å². The molecule has 0 heterocycles. The molecule has 0 bridgehead atoms. The van der Waals surface area contributed by atoms with Crippen LogP contribution in [0.15, 0.2) is 54.6 Å². The lowest BCUT2D eigenvalue weighted by Gasteiger charge is -2.21. The third-order valence-electron chi connectivity index (χ3n) is 3.50. The smallest absolute Gasteiger partial charge is 0.0583 e. The number of fused-ring (bicyclic) bond motifs is 1. The summed E-state index contributed by atoms with van der Waals surface area (Å²) in [5.74, 6) is 0.364. The first-order valence-corrected chi connectivity index (χ1v) is 6.16. The van der Waals surface area contributed by atoms with Crippen LogP contribution in [0.4, 0.5) is 0 Å². The van der Waals surface area contributed by atoms with Crippen LogP contribution in [0.1, 0.15) is 24.3 Å². The summed E-state index contributed by atoms with van der Waals surface area (Å²) in [5, 5.41) is 12.3. The fraction of sp³-hybridized carbons (Fsp3) is 0.250. The average Bonchev–Trinajstić information content (AvgIpc) is 2.38. The fourth-order valence-electron chi connectivity index (χ4n) is 2.55. The third kappa shape index (κ3) is 2.11. The summed E-state index contributed by atoms with van der Waals surface area (Å²) in [4.78, 5) is 0. The van der Waals surface area contributed by atoms with Crippen LogP contribution in [0, 0.1) is 0 Å². The zero-order valence-electron chi connectivity index (χ0n) is 9.71. The van der Waals surface area contributed by atoms with Crippen LogP contribution >= 0.6 is 0 Å². The van der Waals surface area contributed by atoms with Gasteiger partial charge in [0.25, 0.3) is 0 Å². The molecule has 0 amide bonds. The lowest BCUT2D eigenvalue weighted by atomic mass is 9.87. The Hall–Kier alpha value is -1.60. The van der Waals surface area contributed by atoms with E-state index in [9.17, 15) is 5.11 Å². The van der Waals surface area contributed by atoms with Crippen LogP contribution in [0.25, 0.3) is 10.8 Å². The van der Waals surface area contributed by atoms with Gasteiger partial charge in [-0.05, 0) is 29.2 Å². The molecule has 0 aromatic heterocycles. The van der Waals surface area contributed by atoms with Crippen LogP contribution in [0.3, 0.4) is 0 Å². The standard InChI is InChI=1S/C16H16O/c17-16-7-3-6-14(11-16)15-9-8-12-4-1-2-5-13(12)10-15/h1-6,8-10,14,16-17H,7,11H2. The second kappa shape index (κ2) is 4.34. The van der Waals surface area contributed by atoms with Crippen molar-refractivity contribution in [2.75, 3.05) is 0 Å². The topological polar surface area (TPSA) is 20.2 Å². The van der Waals surface area contributed by atoms with Gasteiger partial charge in [0.15, 0.2) is 0 Å². The molecule has 2 atom stereocenters. The van der Waals surface area contributed by atoms with Gasteiger partial charge in [0.2, 0.25) is 0 Å². The van der Waals surface area contributed by atoms with Crippen molar-refractivity contribution in [2.45, 2.75) is 24.9 Å². The van der Waals surface area contributed by atoms with Crippen molar-refractivity contribution >= 4 is 10.8 Å². The molecule has 0 aliphatic heterocycles. The van der Waals surface area contributed by atoms with Gasteiger partial charge < -0.3 is 5.11 Å². The summed E-state index contributed by atoms with van der Waals surface area (Å²) in [6.07, 6.45) is 5.76. The quantitative estimate of drug-likeness (QED) is 0.733. The van der Waals surface area contributed by atoms with E-state index in [1.807, 2.05) is 0 Å². The van der Waals surface area contributed by atoms with Gasteiger partial charge in [-0.2, -0.15) is 0 Å². The molecule has 1 N–H and O–H groups in total. The Balaban J connectivity index is 2.00. The van der Waals surface area contributed by atoms with Crippen molar-refractivity contribution in [3.8, 4) is 0 Å². The molecule has 1 heteroatoms. The maximum absolute atomic E-state index is 9.70. The summed E-state index contributed by atoms with van der Waals surface area (Å²) < 4.78 is 0. The first-order chi connectivity index (χ1) is 8.33. The number of benzene rings is 2. The molecule has 2 aromatic carbocycles. The summed E-state index contributed by atoms with van der Waals surface area (Å²) in [7, 11) is 0. The van der Waals surface area contributed by atoms with E-state index in [1.54, 1.807) is 0 Å². The van der Waals surface area contributed by atoms with Crippen LogP contribution < -0.4 is 0 Å². The number of hydrogen-bond acceptors (Lipinski definition) is 1. The molecule has 0 spiro atoms. The van der Waals surface area contributed by atoms with Crippen LogP contribution in [-0.2, 0) is 0 Å². The maximum Gasteiger partial charge on any atom is 0.0583 e. The first-order valence-electron chi connectivity index (χ1n) is 6.16. The molecule has 17 heavy (non-hydrogen) atoms. The molecule has 2 aromatic rings. The molecule has 1 aliphatic carbocycles. The van der Waals surface area contributed by atoms with Crippen LogP contribution in [0.2, 0.25) is 0 Å². The van der Waals surface area contributed by atoms with Gasteiger partial charge in [-0.15, -0.1) is 0 Å². The van der Waals surface area contributed by atoms with Gasteiger partial charge in [0.05, 0.1) is 6.10 Å². The van der Waals surface area contributed by atoms with E-state index in [1.165, 1.54) is 16.3 Å². The summed E-state index contributed by atoms with van der Waals surface area (Å²) in [6.45, 7) is 0. The molecule has 3 rings (SSSR count). The predicted molar refractivity (Wildman–Crippen MR) is 71.1 cm³/mol. The highest BCUT2D eigenvalue weighted by Gasteiger charge is 2.17. The van der Waals surface area contributed by atoms with Crippen molar-refractivity contribution in [3.05, 3.63) is 60.2 Å². The molecule has 0 fully saturated rings. The Morgan fingerprint density at radius 3 is 2.65 bits per heavy atom. The molecule has 0 radical (unpaired) electrons. The van der Waals surface area contributed by atoms with E-state index in [4.69, 9.17) is 0 Å². The minimum Gasteiger partial charge on any atom is -0.393 e. The molecule has 86 valence electrons. The Morgan fingerprint density at radius 2 is 1.82 bits per heavy atom. The van der Waals surface area contributed by atoms with E-state index < -0.39 is 0 Å². The maximum atomic E-state index is 9.70. The average molecular weight is 224 g/mol. The molecule has 1 nitrogen and oxygen atoms in total. The van der Waals surface area contributed by atoms with Crippen molar-refractivity contribution in [2.24, 2.45) is 0 Å². The van der Waals surface area contributed by atoms with Crippen molar-refractivity contribution in [1.29, 1.82) is 0 Å². The normalized spacial score (nSPS) is 24.1. The molecule has 1 aliphatic rings. The second-order valence-electron chi connectivity index (χ2n) is 4.77. The highest BCUT2D eigenvalue weighted by molar-refractivity contribution is 5.83. The summed E-state index contributed by atoms with van der Waals surface area (Å²) in [6, 6.07) is 15.0. The number of aliphatic hydroxyl groups is 1. The number of allylic oxidation sites excluding steroid dienone is 1. The van der Waals surface area contributed by atoms with Crippen LogP contribution in [-0.4, -0.2) is 11.2 Å². The highest BCUT2D eigenvalue weighted by atomic mass is 16.3. The molecular weight excluding hydrogens is 208 g/mol. The molecule has 2 unspecified atom stereocenters. The minimum atomic E-state index is -0.184. The minimum absolute atomic E-state index is 0.184. The predicted octanol–water partition coefficient (Wildman–Crippen LogP) is 3.63. The van der Waals surface area contributed by atoms with E-state index in [0.717, 1.165) is 12.8 Å². The van der Waals surface area contributed by atoms with Crippen LogP contribution in [0.5, 0.6) is 0 Å². The lowest BCUT2D eigenvalue weighted by Crippen LogP contribution is -2.14. The van der Waals surface area contributed by atoms with Crippen molar-refractivity contribution in [3.63, 3.8) is 0 Å². The SMILES string of the molecule is OC1CC=CC(c2ccc3ccccc3c2)C1. The Bertz CT molecular complexity index is 556. The molecule has 0 saturated heterocycles. The van der Waals surface area contributed by atoms with Gasteiger partial charge in [-0.3, -0.25) is 0 Å². The largest absolute Gasteiger partial charge is 0.393 e. The van der Waals surface area contributed by atoms with E-state index in [0.29, 0.717) is 5.92 Å². The van der Waals surface area contributed by atoms with Gasteiger partial charge >= 0.3 is 0 Å². The fourth-order valence-corrected chi connectivity index (χ4v) is 2.55. The zero-order chi connectivity index (χ0) is 11.7. The van der Waals surface area contributed by atoms with E-state index in [-0.39, 0.29) is 6.10 Å². The first kappa shape index (κ1) is 10.5. The molecule has 0 saturated carbocycles. The molecular formula is C16H16O. The third-order valence-corrected chi connectivity index (χ3v) is 3.50. The van der Waals surface area contributed by atoms with E-state index in [2.05, 4.69) is 54.6 Å². The van der Waals surface area contributed by atoms with Gasteiger partial charge in [0, 0.05) is 5.92 Å². The lowest BCUT2D eigenvalue weighted by molar-refractivity contribution is 0.158. The summed E-state index contributed by atoms with van der Waals surface area (Å²) in [5.41, 5.74) is 1.30.